The summed E-state index contributed by atoms with van der Waals surface area (Å²) in [5.74, 6) is 0.881. The number of rotatable bonds is 4. The number of amides is 2. The fourth-order valence-electron chi connectivity index (χ4n) is 4.56. The molecule has 1 N–H and O–H groups in total. The Morgan fingerprint density at radius 2 is 2.06 bits per heavy atom. The number of hydrogen-bond acceptors (Lipinski definition) is 7. The number of carboxylic acid groups (broad SMARTS) is 1. The highest BCUT2D eigenvalue weighted by Crippen LogP contribution is 2.41. The van der Waals surface area contributed by atoms with Crippen molar-refractivity contribution in [3.63, 3.8) is 0 Å². The van der Waals surface area contributed by atoms with Crippen LogP contribution < -0.4 is 5.56 Å². The average molecular weight is 445 g/mol. The molecule has 172 valence electrons. The van der Waals surface area contributed by atoms with Crippen molar-refractivity contribution in [1.29, 1.82) is 0 Å². The van der Waals surface area contributed by atoms with Gasteiger partial charge < -0.3 is 19.4 Å². The minimum absolute atomic E-state index is 0.00143. The highest BCUT2D eigenvalue weighted by atomic mass is 16.5. The number of aromatic nitrogens is 3. The van der Waals surface area contributed by atoms with E-state index in [1.165, 1.54) is 6.07 Å². The van der Waals surface area contributed by atoms with Crippen LogP contribution in [0.4, 0.5) is 0 Å². The van der Waals surface area contributed by atoms with Gasteiger partial charge in [0.05, 0.1) is 0 Å². The first-order valence-corrected chi connectivity index (χ1v) is 10.4. The number of likely N-dealkylation sites (tertiary alicyclic amines) is 1. The first kappa shape index (κ1) is 23.2. The lowest BCUT2D eigenvalue weighted by Gasteiger charge is -2.46. The van der Waals surface area contributed by atoms with Crippen molar-refractivity contribution in [3.8, 4) is 0 Å². The number of likely N-dealkylation sites (N-methyl/N-ethyl adjacent to an activating group) is 1. The van der Waals surface area contributed by atoms with Gasteiger partial charge in [0.2, 0.25) is 17.7 Å². The Morgan fingerprint density at radius 3 is 2.69 bits per heavy atom. The van der Waals surface area contributed by atoms with E-state index in [2.05, 4.69) is 10.1 Å². The van der Waals surface area contributed by atoms with E-state index in [0.29, 0.717) is 37.8 Å². The minimum atomic E-state index is -0.617. The molecular formula is C21H27N5O6. The third kappa shape index (κ3) is 4.71. The summed E-state index contributed by atoms with van der Waals surface area (Å²) < 4.78 is 6.62. The normalized spacial score (nSPS) is 21.1. The minimum Gasteiger partial charge on any atom is -0.483 e. The molecule has 11 nitrogen and oxygen atoms in total. The van der Waals surface area contributed by atoms with Crippen LogP contribution in [0.2, 0.25) is 0 Å². The standard InChI is InChI=1S/C20H25N5O4.CH2O2/c1-12-21-17(22-29-12)7-8-23(3)20(28)19-15-9-14(10-24(11-15)13(2)26)16-5-4-6-18(27)25(16)19;2-1-3/h4-6,14-15,19H,7-11H2,1-3H3;1H,(H,2,3)/t14-,15+,19-;/m1./s1. The van der Waals surface area contributed by atoms with Crippen LogP contribution in [0.1, 0.15) is 42.7 Å². The number of pyridine rings is 1. The second-order valence-corrected chi connectivity index (χ2v) is 8.07. The average Bonchev–Trinajstić information content (AvgIpc) is 3.18. The molecule has 2 amide bonds. The topological polar surface area (TPSA) is 139 Å². The van der Waals surface area contributed by atoms with Crippen molar-refractivity contribution >= 4 is 18.3 Å². The van der Waals surface area contributed by atoms with Gasteiger partial charge in [0.25, 0.3) is 12.0 Å². The van der Waals surface area contributed by atoms with Gasteiger partial charge in [-0.3, -0.25) is 23.7 Å². The lowest BCUT2D eigenvalue weighted by atomic mass is 9.78. The second kappa shape index (κ2) is 9.75. The zero-order valence-corrected chi connectivity index (χ0v) is 18.3. The van der Waals surface area contributed by atoms with E-state index in [1.54, 1.807) is 41.3 Å². The van der Waals surface area contributed by atoms with E-state index in [-0.39, 0.29) is 35.7 Å². The van der Waals surface area contributed by atoms with Crippen LogP contribution in [0.5, 0.6) is 0 Å². The van der Waals surface area contributed by atoms with Gasteiger partial charge in [0, 0.05) is 70.5 Å². The van der Waals surface area contributed by atoms with Crippen LogP contribution >= 0.6 is 0 Å². The molecule has 0 spiro atoms. The summed E-state index contributed by atoms with van der Waals surface area (Å²) in [6.45, 7) is 4.51. The predicted octanol–water partition coefficient (Wildman–Crippen LogP) is 0.448. The lowest BCUT2D eigenvalue weighted by Crippen LogP contribution is -2.54. The Hall–Kier alpha value is -3.50. The van der Waals surface area contributed by atoms with Crippen molar-refractivity contribution < 1.29 is 24.0 Å². The van der Waals surface area contributed by atoms with Crippen LogP contribution in [-0.2, 0) is 20.8 Å². The molecule has 4 heterocycles. The van der Waals surface area contributed by atoms with Gasteiger partial charge in [-0.15, -0.1) is 0 Å². The molecule has 0 radical (unpaired) electrons. The fourth-order valence-corrected chi connectivity index (χ4v) is 4.56. The van der Waals surface area contributed by atoms with E-state index in [9.17, 15) is 14.4 Å². The zero-order valence-electron chi connectivity index (χ0n) is 18.3. The molecule has 1 fully saturated rings. The lowest BCUT2D eigenvalue weighted by molar-refractivity contribution is -0.140. The molecule has 4 rings (SSSR count). The van der Waals surface area contributed by atoms with Crippen LogP contribution in [0, 0.1) is 12.8 Å². The van der Waals surface area contributed by atoms with Gasteiger partial charge in [-0.05, 0) is 12.5 Å². The Labute approximate surface area is 184 Å². The van der Waals surface area contributed by atoms with Gasteiger partial charge in [-0.25, -0.2) is 0 Å². The summed E-state index contributed by atoms with van der Waals surface area (Å²) in [7, 11) is 1.72. The monoisotopic (exact) mass is 445 g/mol. The number of hydrogen-bond donors (Lipinski definition) is 1. The largest absolute Gasteiger partial charge is 0.483 e. The summed E-state index contributed by atoms with van der Waals surface area (Å²) in [5, 5.41) is 10.8. The molecule has 2 bridgehead atoms. The Bertz CT molecular complexity index is 1050. The van der Waals surface area contributed by atoms with E-state index in [1.807, 2.05) is 6.07 Å². The SMILES string of the molecule is CC(=O)N1C[C@H]2C[C@@H](C1)[C@H](C(=O)N(C)CCc1noc(C)n1)n1c2cccc1=O.O=CO. The molecule has 11 heteroatoms. The maximum Gasteiger partial charge on any atom is 0.290 e. The number of nitrogens with zero attached hydrogens (tertiary/aromatic N) is 5. The van der Waals surface area contributed by atoms with Crippen LogP contribution in [0.3, 0.4) is 0 Å². The van der Waals surface area contributed by atoms with Gasteiger partial charge in [0.1, 0.15) is 6.04 Å². The van der Waals surface area contributed by atoms with E-state index in [0.717, 1.165) is 12.1 Å². The molecule has 1 saturated heterocycles. The number of fused-ring (bicyclic) bond motifs is 4. The summed E-state index contributed by atoms with van der Waals surface area (Å²) >= 11 is 0. The molecular weight excluding hydrogens is 418 g/mol. The van der Waals surface area contributed by atoms with E-state index in [4.69, 9.17) is 14.4 Å². The molecule has 2 aliphatic heterocycles. The van der Waals surface area contributed by atoms with Crippen LogP contribution in [0.15, 0.2) is 27.5 Å². The van der Waals surface area contributed by atoms with Gasteiger partial charge in [-0.1, -0.05) is 11.2 Å². The Balaban J connectivity index is 0.000000913. The van der Waals surface area contributed by atoms with Crippen LogP contribution in [-0.4, -0.2) is 74.6 Å². The van der Waals surface area contributed by atoms with Crippen molar-refractivity contribution in [2.75, 3.05) is 26.7 Å². The number of carbonyl (C=O) groups excluding carboxylic acids is 2. The Kier molecular flexibility index (Phi) is 7.06. The number of carbonyl (C=O) groups is 3. The quantitative estimate of drug-likeness (QED) is 0.669. The van der Waals surface area contributed by atoms with Gasteiger partial charge in [0.15, 0.2) is 5.82 Å². The fraction of sp³-hybridized carbons (Fsp3) is 0.524. The highest BCUT2D eigenvalue weighted by Gasteiger charge is 2.45. The third-order valence-electron chi connectivity index (χ3n) is 5.96. The highest BCUT2D eigenvalue weighted by molar-refractivity contribution is 5.81. The van der Waals surface area contributed by atoms with Crippen molar-refractivity contribution in [1.82, 2.24) is 24.5 Å². The first-order chi connectivity index (χ1) is 15.3. The van der Waals surface area contributed by atoms with Crippen molar-refractivity contribution in [2.24, 2.45) is 5.92 Å². The molecule has 0 aromatic carbocycles. The van der Waals surface area contributed by atoms with Gasteiger partial charge >= 0.3 is 0 Å². The molecule has 0 unspecified atom stereocenters. The number of aryl methyl sites for hydroxylation is 1. The van der Waals surface area contributed by atoms with Gasteiger partial charge in [-0.2, -0.15) is 4.98 Å². The second-order valence-electron chi connectivity index (χ2n) is 8.07. The molecule has 0 aliphatic carbocycles. The molecule has 0 saturated carbocycles. The zero-order chi connectivity index (χ0) is 23.4. The van der Waals surface area contributed by atoms with E-state index >= 15 is 0 Å². The third-order valence-corrected chi connectivity index (χ3v) is 5.96. The molecule has 2 aromatic rings. The predicted molar refractivity (Wildman–Crippen MR) is 112 cm³/mol. The van der Waals surface area contributed by atoms with E-state index < -0.39 is 6.04 Å². The summed E-state index contributed by atoms with van der Waals surface area (Å²) in [4.78, 5) is 54.1. The maximum absolute atomic E-state index is 13.4. The van der Waals surface area contributed by atoms with Crippen LogP contribution in [0.25, 0.3) is 0 Å². The maximum atomic E-state index is 13.4. The Morgan fingerprint density at radius 1 is 1.34 bits per heavy atom. The summed E-state index contributed by atoms with van der Waals surface area (Å²) in [6.07, 6.45) is 1.26. The molecule has 32 heavy (non-hydrogen) atoms. The molecule has 2 aromatic heterocycles. The number of piperidine rings is 1. The molecule has 2 aliphatic rings. The summed E-state index contributed by atoms with van der Waals surface area (Å²) in [5.41, 5.74) is 0.661. The van der Waals surface area contributed by atoms with Crippen molar-refractivity contribution in [2.45, 2.75) is 38.6 Å². The van der Waals surface area contributed by atoms with Crippen molar-refractivity contribution in [3.05, 3.63) is 46.0 Å². The summed E-state index contributed by atoms with van der Waals surface area (Å²) in [6, 6.07) is 4.50. The smallest absolute Gasteiger partial charge is 0.290 e. The molecule has 3 atom stereocenters. The first-order valence-electron chi connectivity index (χ1n) is 10.4.